The van der Waals surface area contributed by atoms with E-state index in [4.69, 9.17) is 0 Å². The van der Waals surface area contributed by atoms with Crippen LogP contribution in [0.5, 0.6) is 0 Å². The highest BCUT2D eigenvalue weighted by Gasteiger charge is 2.29. The molecule has 0 bridgehead atoms. The van der Waals surface area contributed by atoms with Gasteiger partial charge in [0.2, 0.25) is 23.7 Å². The lowest BCUT2D eigenvalue weighted by Gasteiger charge is -2.37. The molecule has 5 aromatic rings. The standard InChI is InChI=1S/C44H50FN11O6S/c1-4-53(3)63(61,62)52-36-10-9-35(45)40(27(36)2)41(59)34-25-47-42-33(34)21-30(22-46-42)31-23-48-44(49-24-31)56-19-17-55(18-20-56)39(58)26-54-15-13-29(14-16-54)28-5-7-32(8-6-28)50-37-11-12-38(57)51-43(37)60/h5-10,21-25,29,37,50,52H,4,11-20,26H2,1-3H3,(H,46,47)(H,51,57,60). The van der Waals surface area contributed by atoms with Crippen molar-refractivity contribution in [1.82, 2.24) is 39.4 Å². The van der Waals surface area contributed by atoms with Gasteiger partial charge in [-0.3, -0.25) is 34.1 Å². The Balaban J connectivity index is 0.834. The number of imide groups is 1. The number of amides is 3. The monoisotopic (exact) mass is 879 g/mol. The molecule has 0 radical (unpaired) electrons. The van der Waals surface area contributed by atoms with Crippen molar-refractivity contribution in [2.45, 2.75) is 51.5 Å². The Hall–Kier alpha value is -6.31. The van der Waals surface area contributed by atoms with Crippen LogP contribution in [0.3, 0.4) is 0 Å². The van der Waals surface area contributed by atoms with Crippen LogP contribution in [-0.2, 0) is 24.6 Å². The average molecular weight is 880 g/mol. The van der Waals surface area contributed by atoms with Crippen LogP contribution in [0.15, 0.2) is 67.3 Å². The van der Waals surface area contributed by atoms with Crippen LogP contribution < -0.4 is 20.3 Å². The number of nitrogens with zero attached hydrogens (tertiary/aromatic N) is 7. The zero-order chi connectivity index (χ0) is 44.4. The number of nitrogens with one attached hydrogen (secondary N) is 4. The number of aromatic amines is 1. The largest absolute Gasteiger partial charge is 0.374 e. The molecule has 1 atom stereocenters. The van der Waals surface area contributed by atoms with E-state index < -0.39 is 27.9 Å². The van der Waals surface area contributed by atoms with Crippen LogP contribution in [0, 0.1) is 12.7 Å². The number of carbonyl (C=O) groups is 4. The topological polar surface area (TPSA) is 206 Å². The minimum absolute atomic E-state index is 0.0981. The number of H-pyrrole nitrogens is 1. The third kappa shape index (κ3) is 9.40. The van der Waals surface area contributed by atoms with Crippen molar-refractivity contribution in [2.24, 2.45) is 0 Å². The molecular formula is C44H50FN11O6S. The molecule has 3 amide bonds. The Bertz CT molecular complexity index is 2640. The van der Waals surface area contributed by atoms with Gasteiger partial charge in [-0.15, -0.1) is 0 Å². The Kier molecular flexibility index (Phi) is 12.5. The predicted molar refractivity (Wildman–Crippen MR) is 236 cm³/mol. The maximum atomic E-state index is 15.3. The summed E-state index contributed by atoms with van der Waals surface area (Å²) in [7, 11) is -2.50. The summed E-state index contributed by atoms with van der Waals surface area (Å²) < 4.78 is 44.2. The van der Waals surface area contributed by atoms with Gasteiger partial charge in [0.15, 0.2) is 5.78 Å². The van der Waals surface area contributed by atoms with Gasteiger partial charge in [0, 0.05) is 98.7 Å². The summed E-state index contributed by atoms with van der Waals surface area (Å²) in [5, 5.41) is 6.06. The fourth-order valence-electron chi connectivity index (χ4n) is 8.33. The zero-order valence-corrected chi connectivity index (χ0v) is 36.2. The van der Waals surface area contributed by atoms with Crippen molar-refractivity contribution in [3.05, 3.63) is 95.3 Å². The molecule has 8 rings (SSSR count). The summed E-state index contributed by atoms with van der Waals surface area (Å²) >= 11 is 0. The molecule has 19 heteroatoms. The molecule has 0 aliphatic carbocycles. The summed E-state index contributed by atoms with van der Waals surface area (Å²) in [6.07, 6.45) is 9.15. The highest BCUT2D eigenvalue weighted by molar-refractivity contribution is 7.90. The number of hydrogen-bond acceptors (Lipinski definition) is 12. The van der Waals surface area contributed by atoms with Crippen LogP contribution in [0.4, 0.5) is 21.7 Å². The first-order chi connectivity index (χ1) is 30.3. The molecule has 3 saturated heterocycles. The van der Waals surface area contributed by atoms with E-state index in [0.717, 1.165) is 42.0 Å². The second-order valence-corrected chi connectivity index (χ2v) is 18.0. The molecule has 1 unspecified atom stereocenters. The maximum Gasteiger partial charge on any atom is 0.301 e. The summed E-state index contributed by atoms with van der Waals surface area (Å²) in [5.41, 5.74) is 3.97. The summed E-state index contributed by atoms with van der Waals surface area (Å²) in [6, 6.07) is 11.9. The number of benzene rings is 2. The van der Waals surface area contributed by atoms with E-state index in [0.29, 0.717) is 79.6 Å². The van der Waals surface area contributed by atoms with E-state index >= 15 is 4.39 Å². The number of hydrogen-bond donors (Lipinski definition) is 4. The van der Waals surface area contributed by atoms with E-state index in [2.05, 4.69) is 52.3 Å². The van der Waals surface area contributed by atoms with Crippen LogP contribution in [-0.4, -0.2) is 131 Å². The smallest absolute Gasteiger partial charge is 0.301 e. The molecule has 63 heavy (non-hydrogen) atoms. The van der Waals surface area contributed by atoms with Gasteiger partial charge in [-0.2, -0.15) is 12.7 Å². The quantitative estimate of drug-likeness (QED) is 0.0977. The number of rotatable bonds is 13. The van der Waals surface area contributed by atoms with E-state index in [1.54, 1.807) is 31.6 Å². The first-order valence-corrected chi connectivity index (χ1v) is 22.5. The first-order valence-electron chi connectivity index (χ1n) is 21.1. The molecule has 330 valence electrons. The number of likely N-dealkylation sites (tertiary alicyclic amines) is 1. The van der Waals surface area contributed by atoms with Gasteiger partial charge in [-0.25, -0.2) is 19.3 Å². The normalized spacial score (nSPS) is 17.9. The number of pyridine rings is 1. The molecule has 4 N–H and O–H groups in total. The molecule has 17 nitrogen and oxygen atoms in total. The average Bonchev–Trinajstić information content (AvgIpc) is 3.72. The number of fused-ring (bicyclic) bond motifs is 1. The molecule has 6 heterocycles. The van der Waals surface area contributed by atoms with E-state index in [9.17, 15) is 27.6 Å². The van der Waals surface area contributed by atoms with Crippen LogP contribution in [0.1, 0.15) is 65.6 Å². The summed E-state index contributed by atoms with van der Waals surface area (Å²) in [6.45, 7) is 7.69. The van der Waals surface area contributed by atoms with Gasteiger partial charge in [-0.05, 0) is 86.7 Å². The molecule has 0 spiro atoms. The summed E-state index contributed by atoms with van der Waals surface area (Å²) in [5.74, 6) is -0.906. The third-order valence-electron chi connectivity index (χ3n) is 12.3. The van der Waals surface area contributed by atoms with Crippen molar-refractivity contribution in [1.29, 1.82) is 0 Å². The zero-order valence-electron chi connectivity index (χ0n) is 35.4. The van der Waals surface area contributed by atoms with Crippen LogP contribution in [0.2, 0.25) is 0 Å². The van der Waals surface area contributed by atoms with Gasteiger partial charge in [0.1, 0.15) is 17.5 Å². The van der Waals surface area contributed by atoms with Gasteiger partial charge in [0.05, 0.1) is 17.8 Å². The Labute approximate surface area is 364 Å². The van der Waals surface area contributed by atoms with Gasteiger partial charge < -0.3 is 20.1 Å². The van der Waals surface area contributed by atoms with Gasteiger partial charge in [-0.1, -0.05) is 19.1 Å². The molecule has 2 aromatic carbocycles. The minimum Gasteiger partial charge on any atom is -0.374 e. The number of aromatic nitrogens is 4. The van der Waals surface area contributed by atoms with Crippen LogP contribution >= 0.6 is 0 Å². The second kappa shape index (κ2) is 18.2. The third-order valence-corrected chi connectivity index (χ3v) is 13.9. The van der Waals surface area contributed by atoms with E-state index in [-0.39, 0.29) is 46.6 Å². The first kappa shape index (κ1) is 43.3. The fraction of sp³-hybridized carbons (Fsp3) is 0.386. The fourth-order valence-corrected chi connectivity index (χ4v) is 9.32. The van der Waals surface area contributed by atoms with Crippen molar-refractivity contribution < 1.29 is 32.0 Å². The molecular weight excluding hydrogens is 830 g/mol. The van der Waals surface area contributed by atoms with Crippen LogP contribution in [0.25, 0.3) is 22.2 Å². The lowest BCUT2D eigenvalue weighted by molar-refractivity contribution is -0.134. The Morgan fingerprint density at radius 3 is 2.30 bits per heavy atom. The van der Waals surface area contributed by atoms with Gasteiger partial charge in [0.25, 0.3) is 0 Å². The lowest BCUT2D eigenvalue weighted by atomic mass is 9.89. The van der Waals surface area contributed by atoms with Gasteiger partial charge >= 0.3 is 10.2 Å². The highest BCUT2D eigenvalue weighted by atomic mass is 32.2. The number of halogens is 1. The number of piperidine rings is 2. The number of ketones is 1. The van der Waals surface area contributed by atoms with Crippen molar-refractivity contribution in [3.63, 3.8) is 0 Å². The number of piperazine rings is 1. The molecule has 3 aliphatic heterocycles. The maximum absolute atomic E-state index is 15.3. The SMILES string of the molecule is CCN(C)S(=O)(=O)Nc1ccc(F)c(C(=O)c2c[nH]c3ncc(-c4cnc(N5CCN(C(=O)CN6CCC(c7ccc(NC8CCC(=O)NC8=O)cc7)CC6)CC5)nc4)cc23)c1C. The number of carbonyl (C=O) groups excluding carboxylic acids is 4. The predicted octanol–water partition coefficient (Wildman–Crippen LogP) is 4.05. The highest BCUT2D eigenvalue weighted by Crippen LogP contribution is 2.32. The molecule has 0 saturated carbocycles. The van der Waals surface area contributed by atoms with E-state index in [1.807, 2.05) is 21.9 Å². The lowest BCUT2D eigenvalue weighted by Crippen LogP contribution is -2.52. The Morgan fingerprint density at radius 2 is 1.62 bits per heavy atom. The molecule has 3 aliphatic rings. The number of anilines is 3. The minimum atomic E-state index is -3.91. The van der Waals surface area contributed by atoms with Crippen molar-refractivity contribution >= 4 is 62.1 Å². The van der Waals surface area contributed by atoms with E-state index in [1.165, 1.54) is 31.8 Å². The van der Waals surface area contributed by atoms with Crippen molar-refractivity contribution in [2.75, 3.05) is 74.3 Å². The van der Waals surface area contributed by atoms with Crippen molar-refractivity contribution in [3.8, 4) is 11.1 Å². The second-order valence-electron chi connectivity index (χ2n) is 16.2. The molecule has 3 fully saturated rings. The summed E-state index contributed by atoms with van der Waals surface area (Å²) in [4.78, 5) is 73.7. The Morgan fingerprint density at radius 1 is 0.921 bits per heavy atom. The molecule has 3 aromatic heterocycles.